The van der Waals surface area contributed by atoms with Crippen LogP contribution >= 0.6 is 0 Å². The van der Waals surface area contributed by atoms with Gasteiger partial charge in [-0.15, -0.1) is 0 Å². The summed E-state index contributed by atoms with van der Waals surface area (Å²) in [6, 6.07) is 0. The maximum Gasteiger partial charge on any atom is 0.233 e. The van der Waals surface area contributed by atoms with Crippen LogP contribution in [0.1, 0.15) is 13.3 Å². The number of nitrogens with one attached hydrogen (secondary N) is 3. The third-order valence-corrected chi connectivity index (χ3v) is 1.79. The quantitative estimate of drug-likeness (QED) is 0.438. The van der Waals surface area contributed by atoms with E-state index in [2.05, 4.69) is 16.0 Å². The molecule has 6 heteroatoms. The fraction of sp³-hybridized carbons (Fsp3) is 0.800. The average molecular weight is 231 g/mol. The summed E-state index contributed by atoms with van der Waals surface area (Å²) in [7, 11) is 1.62. The molecule has 0 saturated heterocycles. The number of carbonyl (C=O) groups excluding carboxylic acids is 2. The number of amides is 2. The molecular formula is C10H21N3O3. The van der Waals surface area contributed by atoms with Crippen LogP contribution in [0, 0.1) is 0 Å². The van der Waals surface area contributed by atoms with Gasteiger partial charge < -0.3 is 15.4 Å². The van der Waals surface area contributed by atoms with Gasteiger partial charge in [-0.25, -0.2) is 0 Å². The molecule has 0 rings (SSSR count). The molecule has 6 nitrogen and oxygen atoms in total. The number of ether oxygens (including phenoxy) is 1. The van der Waals surface area contributed by atoms with Crippen LogP contribution in [0.3, 0.4) is 0 Å². The van der Waals surface area contributed by atoms with E-state index in [0.717, 1.165) is 6.42 Å². The van der Waals surface area contributed by atoms with Crippen molar-refractivity contribution in [2.24, 2.45) is 0 Å². The molecule has 0 fully saturated rings. The van der Waals surface area contributed by atoms with Gasteiger partial charge in [-0.2, -0.15) is 0 Å². The van der Waals surface area contributed by atoms with Gasteiger partial charge in [0, 0.05) is 26.8 Å². The molecule has 0 radical (unpaired) electrons. The zero-order chi connectivity index (χ0) is 12.2. The highest BCUT2D eigenvalue weighted by Crippen LogP contribution is 1.76. The van der Waals surface area contributed by atoms with Gasteiger partial charge in [0.05, 0.1) is 13.1 Å². The Balaban J connectivity index is 3.33. The van der Waals surface area contributed by atoms with E-state index in [4.69, 9.17) is 4.74 Å². The number of likely N-dealkylation sites (N-methyl/N-ethyl adjacent to an activating group) is 1. The lowest BCUT2D eigenvalue weighted by Gasteiger charge is -2.06. The summed E-state index contributed by atoms with van der Waals surface area (Å²) in [5.41, 5.74) is 0. The maximum absolute atomic E-state index is 11.2. The van der Waals surface area contributed by atoms with Crippen molar-refractivity contribution < 1.29 is 14.3 Å². The van der Waals surface area contributed by atoms with Gasteiger partial charge in [0.25, 0.3) is 0 Å². The fourth-order valence-electron chi connectivity index (χ4n) is 1.06. The van der Waals surface area contributed by atoms with E-state index in [1.54, 1.807) is 7.11 Å². The highest BCUT2D eigenvalue weighted by atomic mass is 16.5. The van der Waals surface area contributed by atoms with E-state index in [0.29, 0.717) is 19.7 Å². The number of carbonyl (C=O) groups is 2. The molecule has 0 aliphatic carbocycles. The number of methoxy groups -OCH3 is 1. The summed E-state index contributed by atoms with van der Waals surface area (Å²) >= 11 is 0. The van der Waals surface area contributed by atoms with E-state index < -0.39 is 0 Å². The Morgan fingerprint density at radius 2 is 1.75 bits per heavy atom. The summed E-state index contributed by atoms with van der Waals surface area (Å²) in [5, 5.41) is 8.09. The predicted molar refractivity (Wildman–Crippen MR) is 61.1 cm³/mol. The number of hydrogen-bond donors (Lipinski definition) is 3. The Bertz CT molecular complexity index is 209. The molecule has 0 unspecified atom stereocenters. The normalized spacial score (nSPS) is 9.88. The molecule has 16 heavy (non-hydrogen) atoms. The van der Waals surface area contributed by atoms with Crippen molar-refractivity contribution in [3.63, 3.8) is 0 Å². The topological polar surface area (TPSA) is 79.5 Å². The third kappa shape index (κ3) is 9.42. The van der Waals surface area contributed by atoms with Crippen molar-refractivity contribution in [3.05, 3.63) is 0 Å². The summed E-state index contributed by atoms with van der Waals surface area (Å²) in [6.07, 6.45) is 0.790. The van der Waals surface area contributed by atoms with E-state index in [9.17, 15) is 9.59 Å². The highest BCUT2D eigenvalue weighted by molar-refractivity contribution is 5.80. The number of rotatable bonds is 9. The summed E-state index contributed by atoms with van der Waals surface area (Å²) in [4.78, 5) is 22.2. The molecule has 0 aromatic heterocycles. The Labute approximate surface area is 96.1 Å². The zero-order valence-electron chi connectivity index (χ0n) is 9.97. The van der Waals surface area contributed by atoms with Crippen LogP contribution in [0.4, 0.5) is 0 Å². The molecule has 0 aromatic rings. The van der Waals surface area contributed by atoms with Crippen LogP contribution in [-0.4, -0.2) is 51.7 Å². The van der Waals surface area contributed by atoms with Gasteiger partial charge in [0.15, 0.2) is 0 Å². The van der Waals surface area contributed by atoms with Crippen molar-refractivity contribution in [2.45, 2.75) is 13.3 Å². The minimum absolute atomic E-state index is 0.102. The summed E-state index contributed by atoms with van der Waals surface area (Å²) < 4.78 is 4.84. The smallest absolute Gasteiger partial charge is 0.233 e. The van der Waals surface area contributed by atoms with Crippen LogP contribution in [0.2, 0.25) is 0 Å². The predicted octanol–water partition coefficient (Wildman–Crippen LogP) is -1.14. The minimum atomic E-state index is -0.111. The lowest BCUT2D eigenvalue weighted by atomic mass is 10.4. The Morgan fingerprint density at radius 3 is 2.31 bits per heavy atom. The first-order valence-electron chi connectivity index (χ1n) is 5.43. The molecule has 0 atom stereocenters. The van der Waals surface area contributed by atoms with Crippen LogP contribution < -0.4 is 16.0 Å². The molecule has 0 aliphatic rings. The van der Waals surface area contributed by atoms with Crippen molar-refractivity contribution in [1.29, 1.82) is 0 Å². The van der Waals surface area contributed by atoms with Crippen LogP contribution in [-0.2, 0) is 14.3 Å². The van der Waals surface area contributed by atoms with Crippen molar-refractivity contribution in [1.82, 2.24) is 16.0 Å². The molecule has 94 valence electrons. The average Bonchev–Trinajstić information content (AvgIpc) is 2.25. The highest BCUT2D eigenvalue weighted by Gasteiger charge is 2.02. The van der Waals surface area contributed by atoms with E-state index in [1.807, 2.05) is 6.92 Å². The second-order valence-electron chi connectivity index (χ2n) is 3.25. The standard InChI is InChI=1S/C10H21N3O3/c1-3-12-9(14)7-11-8-10(15)13-5-4-6-16-2/h11H,3-8H2,1-2H3,(H,12,14)(H,13,15). The van der Waals surface area contributed by atoms with Crippen LogP contribution in [0.5, 0.6) is 0 Å². The third-order valence-electron chi connectivity index (χ3n) is 1.79. The van der Waals surface area contributed by atoms with Gasteiger partial charge in [-0.05, 0) is 13.3 Å². The van der Waals surface area contributed by atoms with Gasteiger partial charge >= 0.3 is 0 Å². The van der Waals surface area contributed by atoms with Crippen molar-refractivity contribution >= 4 is 11.8 Å². The first-order chi connectivity index (χ1) is 7.70. The first-order valence-corrected chi connectivity index (χ1v) is 5.43. The molecule has 3 N–H and O–H groups in total. The monoisotopic (exact) mass is 231 g/mol. The number of hydrogen-bond acceptors (Lipinski definition) is 4. The van der Waals surface area contributed by atoms with Gasteiger partial charge in [0.1, 0.15) is 0 Å². The molecule has 0 aliphatic heterocycles. The van der Waals surface area contributed by atoms with Gasteiger partial charge in [-0.1, -0.05) is 0 Å². The second kappa shape index (κ2) is 10.4. The lowest BCUT2D eigenvalue weighted by Crippen LogP contribution is -2.39. The lowest BCUT2D eigenvalue weighted by molar-refractivity contribution is -0.121. The Hall–Kier alpha value is -1.14. The van der Waals surface area contributed by atoms with E-state index in [-0.39, 0.29) is 24.9 Å². The first kappa shape index (κ1) is 14.9. The second-order valence-corrected chi connectivity index (χ2v) is 3.25. The van der Waals surface area contributed by atoms with Gasteiger partial charge in [0.2, 0.25) is 11.8 Å². The van der Waals surface area contributed by atoms with Crippen LogP contribution in [0.25, 0.3) is 0 Å². The van der Waals surface area contributed by atoms with Crippen LogP contribution in [0.15, 0.2) is 0 Å². The molecule has 0 saturated carbocycles. The molecule has 0 bridgehead atoms. The largest absolute Gasteiger partial charge is 0.385 e. The van der Waals surface area contributed by atoms with E-state index >= 15 is 0 Å². The molecule has 0 aromatic carbocycles. The SMILES string of the molecule is CCNC(=O)CNCC(=O)NCCCOC. The maximum atomic E-state index is 11.2. The molecule has 0 heterocycles. The molecular weight excluding hydrogens is 210 g/mol. The Morgan fingerprint density at radius 1 is 1.12 bits per heavy atom. The Kier molecular flexibility index (Phi) is 9.64. The van der Waals surface area contributed by atoms with Crippen molar-refractivity contribution in [3.8, 4) is 0 Å². The zero-order valence-corrected chi connectivity index (χ0v) is 9.97. The molecule has 2 amide bonds. The molecule has 0 spiro atoms. The minimum Gasteiger partial charge on any atom is -0.385 e. The summed E-state index contributed by atoms with van der Waals surface area (Å²) in [5.74, 6) is -0.213. The fourth-order valence-corrected chi connectivity index (χ4v) is 1.06. The van der Waals surface area contributed by atoms with Gasteiger partial charge in [-0.3, -0.25) is 14.9 Å². The summed E-state index contributed by atoms with van der Waals surface area (Å²) in [6.45, 7) is 4.00. The van der Waals surface area contributed by atoms with Crippen molar-refractivity contribution in [2.75, 3.05) is 39.9 Å². The van der Waals surface area contributed by atoms with E-state index in [1.165, 1.54) is 0 Å².